The number of hydrogen-bond acceptors (Lipinski definition) is 5. The lowest BCUT2D eigenvalue weighted by Crippen LogP contribution is -2.39. The number of fused-ring (bicyclic) bond motifs is 1. The Balaban J connectivity index is 1.60. The molecule has 0 saturated carbocycles. The molecule has 126 valence electrons. The van der Waals surface area contributed by atoms with Gasteiger partial charge in [-0.1, -0.05) is 29.0 Å². The molecule has 2 amide bonds. The highest BCUT2D eigenvalue weighted by Gasteiger charge is 2.54. The van der Waals surface area contributed by atoms with Crippen molar-refractivity contribution in [1.82, 2.24) is 5.01 Å². The summed E-state index contributed by atoms with van der Waals surface area (Å²) in [6.45, 7) is 0.190. The number of hydrogen-bond donors (Lipinski definition) is 0. The fourth-order valence-corrected chi connectivity index (χ4v) is 3.15. The van der Waals surface area contributed by atoms with Crippen LogP contribution in [0.15, 0.2) is 58.9 Å². The third-order valence-electron chi connectivity index (χ3n) is 4.18. The van der Waals surface area contributed by atoms with Crippen LogP contribution in [0.3, 0.4) is 0 Å². The second-order valence-electron chi connectivity index (χ2n) is 5.81. The molecule has 6 nitrogen and oxygen atoms in total. The zero-order valence-electron chi connectivity index (χ0n) is 12.8. The smallest absolute Gasteiger partial charge is 0.263 e. The number of amides is 2. The van der Waals surface area contributed by atoms with Crippen LogP contribution >= 0.6 is 11.6 Å². The van der Waals surface area contributed by atoms with Gasteiger partial charge in [0.15, 0.2) is 12.1 Å². The first-order chi connectivity index (χ1) is 12.0. The average Bonchev–Trinajstić information content (AvgIpc) is 3.10. The van der Waals surface area contributed by atoms with Gasteiger partial charge in [-0.2, -0.15) is 5.11 Å². The summed E-state index contributed by atoms with van der Waals surface area (Å²) in [6.07, 6.45) is 0. The molecule has 1 fully saturated rings. The zero-order valence-corrected chi connectivity index (χ0v) is 13.6. The fourth-order valence-electron chi connectivity index (χ4n) is 3.02. The van der Waals surface area contributed by atoms with E-state index in [1.165, 1.54) is 17.1 Å². The minimum absolute atomic E-state index is 0.190. The summed E-state index contributed by atoms with van der Waals surface area (Å²) in [5.74, 6) is -1.21. The van der Waals surface area contributed by atoms with Crippen molar-refractivity contribution in [1.29, 1.82) is 0 Å². The van der Waals surface area contributed by atoms with E-state index in [0.717, 1.165) is 4.90 Å². The number of carbonyl (C=O) groups is 2. The molecule has 4 rings (SSSR count). The summed E-state index contributed by atoms with van der Waals surface area (Å²) in [6, 6.07) is 10.7. The molecule has 2 aliphatic rings. The Hall–Kier alpha value is -2.80. The summed E-state index contributed by atoms with van der Waals surface area (Å²) in [5, 5.41) is 9.81. The van der Waals surface area contributed by atoms with Crippen molar-refractivity contribution >= 4 is 29.1 Å². The lowest BCUT2D eigenvalue weighted by atomic mass is 10.1. The van der Waals surface area contributed by atoms with Crippen molar-refractivity contribution in [3.63, 3.8) is 0 Å². The molecule has 0 spiro atoms. The van der Waals surface area contributed by atoms with Crippen LogP contribution in [-0.4, -0.2) is 28.9 Å². The molecule has 0 aliphatic carbocycles. The van der Waals surface area contributed by atoms with Crippen LogP contribution in [0.4, 0.5) is 10.1 Å². The lowest BCUT2D eigenvalue weighted by Gasteiger charge is -2.20. The Bertz CT molecular complexity index is 886. The largest absolute Gasteiger partial charge is 0.271 e. The third kappa shape index (κ3) is 2.66. The molecule has 8 heteroatoms. The summed E-state index contributed by atoms with van der Waals surface area (Å²) < 4.78 is 13.4. The molecule has 0 radical (unpaired) electrons. The quantitative estimate of drug-likeness (QED) is 0.792. The monoisotopic (exact) mass is 358 g/mol. The maximum atomic E-state index is 13.4. The van der Waals surface area contributed by atoms with Crippen molar-refractivity contribution in [2.24, 2.45) is 10.3 Å². The number of halogens is 2. The molecule has 2 aliphatic heterocycles. The number of rotatable bonds is 3. The maximum Gasteiger partial charge on any atom is 0.263 e. The SMILES string of the molecule is O=C1C2N=NN(Cc3cccc(F)c3)C2C(=O)N1c1ccc(Cl)cc1. The van der Waals surface area contributed by atoms with Crippen LogP contribution in [-0.2, 0) is 16.1 Å². The van der Waals surface area contributed by atoms with E-state index in [1.54, 1.807) is 36.4 Å². The molecule has 2 atom stereocenters. The maximum absolute atomic E-state index is 13.4. The van der Waals surface area contributed by atoms with Gasteiger partial charge in [0.1, 0.15) is 5.82 Å². The van der Waals surface area contributed by atoms with Crippen molar-refractivity contribution in [2.45, 2.75) is 18.6 Å². The van der Waals surface area contributed by atoms with Crippen molar-refractivity contribution in [2.75, 3.05) is 4.90 Å². The highest BCUT2D eigenvalue weighted by molar-refractivity contribution is 6.31. The van der Waals surface area contributed by atoms with Gasteiger partial charge in [0, 0.05) is 5.02 Å². The van der Waals surface area contributed by atoms with Gasteiger partial charge < -0.3 is 0 Å². The minimum atomic E-state index is -0.878. The van der Waals surface area contributed by atoms with E-state index in [4.69, 9.17) is 11.6 Å². The first-order valence-corrected chi connectivity index (χ1v) is 7.97. The molecule has 2 unspecified atom stereocenters. The Morgan fingerprint density at radius 1 is 1.08 bits per heavy atom. The Labute approximate surface area is 147 Å². The van der Waals surface area contributed by atoms with Crippen LogP contribution < -0.4 is 4.90 Å². The summed E-state index contributed by atoms with van der Waals surface area (Å²) in [5.41, 5.74) is 1.08. The summed E-state index contributed by atoms with van der Waals surface area (Å²) >= 11 is 5.85. The van der Waals surface area contributed by atoms with Crippen molar-refractivity contribution in [3.8, 4) is 0 Å². The molecule has 0 N–H and O–H groups in total. The molecule has 25 heavy (non-hydrogen) atoms. The van der Waals surface area contributed by atoms with Crippen LogP contribution in [0, 0.1) is 5.82 Å². The third-order valence-corrected chi connectivity index (χ3v) is 4.43. The van der Waals surface area contributed by atoms with Crippen LogP contribution in [0.5, 0.6) is 0 Å². The Kier molecular flexibility index (Phi) is 3.73. The van der Waals surface area contributed by atoms with Gasteiger partial charge in [-0.05, 0) is 42.0 Å². The fraction of sp³-hybridized carbons (Fsp3) is 0.176. The highest BCUT2D eigenvalue weighted by atomic mass is 35.5. The molecule has 2 aromatic rings. The van der Waals surface area contributed by atoms with Crippen molar-refractivity contribution in [3.05, 3.63) is 64.9 Å². The lowest BCUT2D eigenvalue weighted by molar-refractivity contribution is -0.123. The van der Waals surface area contributed by atoms with Gasteiger partial charge >= 0.3 is 0 Å². The van der Waals surface area contributed by atoms with Crippen LogP contribution in [0.25, 0.3) is 0 Å². The molecule has 2 heterocycles. The van der Waals surface area contributed by atoms with Gasteiger partial charge in [0.2, 0.25) is 0 Å². The Morgan fingerprint density at radius 2 is 1.84 bits per heavy atom. The summed E-state index contributed by atoms with van der Waals surface area (Å²) in [7, 11) is 0. The second-order valence-corrected chi connectivity index (χ2v) is 6.25. The van der Waals surface area contributed by atoms with E-state index in [1.807, 2.05) is 0 Å². The second kappa shape index (κ2) is 5.93. The van der Waals surface area contributed by atoms with E-state index in [0.29, 0.717) is 16.3 Å². The van der Waals surface area contributed by atoms with Crippen LogP contribution in [0.1, 0.15) is 5.56 Å². The van der Waals surface area contributed by atoms with Crippen LogP contribution in [0.2, 0.25) is 5.02 Å². The van der Waals surface area contributed by atoms with E-state index in [-0.39, 0.29) is 12.4 Å². The highest BCUT2D eigenvalue weighted by Crippen LogP contribution is 2.33. The van der Waals surface area contributed by atoms with Gasteiger partial charge in [-0.3, -0.25) is 14.6 Å². The van der Waals surface area contributed by atoms with Gasteiger partial charge in [-0.25, -0.2) is 9.29 Å². The van der Waals surface area contributed by atoms with E-state index in [9.17, 15) is 14.0 Å². The van der Waals surface area contributed by atoms with E-state index in [2.05, 4.69) is 10.3 Å². The molecule has 2 aromatic carbocycles. The van der Waals surface area contributed by atoms with Crippen molar-refractivity contribution < 1.29 is 14.0 Å². The predicted molar refractivity (Wildman–Crippen MR) is 88.3 cm³/mol. The molecular formula is C17H12ClFN4O2. The minimum Gasteiger partial charge on any atom is -0.271 e. The number of nitrogens with zero attached hydrogens (tertiary/aromatic N) is 4. The first-order valence-electron chi connectivity index (χ1n) is 7.60. The molecular weight excluding hydrogens is 347 g/mol. The number of benzene rings is 2. The standard InChI is InChI=1S/C17H12ClFN4O2/c18-11-4-6-13(7-5-11)23-16(24)14-15(17(23)25)22(21-20-14)9-10-2-1-3-12(19)8-10/h1-8,14-15H,9H2. The number of carbonyl (C=O) groups excluding carboxylic acids is 2. The average molecular weight is 359 g/mol. The molecule has 0 bridgehead atoms. The van der Waals surface area contributed by atoms with E-state index < -0.39 is 23.9 Å². The number of anilines is 1. The van der Waals surface area contributed by atoms with Gasteiger partial charge in [0.05, 0.1) is 12.2 Å². The molecule has 1 saturated heterocycles. The Morgan fingerprint density at radius 3 is 2.56 bits per heavy atom. The topological polar surface area (TPSA) is 65.3 Å². The zero-order chi connectivity index (χ0) is 17.6. The predicted octanol–water partition coefficient (Wildman–Crippen LogP) is 2.97. The van der Waals surface area contributed by atoms with Gasteiger partial charge in [-0.15, -0.1) is 0 Å². The van der Waals surface area contributed by atoms with Gasteiger partial charge in [0.25, 0.3) is 11.8 Å². The summed E-state index contributed by atoms with van der Waals surface area (Å²) in [4.78, 5) is 26.5. The normalized spacial score (nSPS) is 22.0. The molecule has 0 aromatic heterocycles. The first kappa shape index (κ1) is 15.7. The van der Waals surface area contributed by atoms with E-state index >= 15 is 0 Å². The number of imide groups is 1.